The van der Waals surface area contributed by atoms with Crippen molar-refractivity contribution in [3.05, 3.63) is 29.8 Å². The van der Waals surface area contributed by atoms with Crippen LogP contribution < -0.4 is 10.6 Å². The van der Waals surface area contributed by atoms with Crippen molar-refractivity contribution in [3.63, 3.8) is 0 Å². The van der Waals surface area contributed by atoms with Crippen LogP contribution in [-0.2, 0) is 19.0 Å². The topological polar surface area (TPSA) is 103 Å². The average molecular weight is 460 g/mol. The number of nitrogens with one attached hydrogen (secondary N) is 2. The molecular weight excluding hydrogens is 442 g/mol. The maximum Gasteiger partial charge on any atom is 0.448 e. The Bertz CT molecular complexity index is 781. The Morgan fingerprint density at radius 1 is 0.903 bits per heavy atom. The molecule has 31 heavy (non-hydrogen) atoms. The maximum absolute atomic E-state index is 13.6. The Hall–Kier alpha value is -3.03. The van der Waals surface area contributed by atoms with Gasteiger partial charge in [-0.3, -0.25) is 5.32 Å². The van der Waals surface area contributed by atoms with Crippen LogP contribution in [0.2, 0.25) is 0 Å². The predicted molar refractivity (Wildman–Crippen MR) is 92.0 cm³/mol. The monoisotopic (exact) mass is 460 g/mol. The summed E-state index contributed by atoms with van der Waals surface area (Å²) in [7, 11) is 0. The smallest absolute Gasteiger partial charge is 0.448 e. The van der Waals surface area contributed by atoms with Gasteiger partial charge in [0.05, 0.1) is 18.8 Å². The van der Waals surface area contributed by atoms with Gasteiger partial charge in [0.25, 0.3) is 0 Å². The Labute approximate surface area is 171 Å². The zero-order chi connectivity index (χ0) is 23.9. The molecule has 1 rings (SSSR count). The van der Waals surface area contributed by atoms with Crippen molar-refractivity contribution < 1.29 is 54.9 Å². The number of hydrogen-bond donors (Lipinski definition) is 2. The van der Waals surface area contributed by atoms with Gasteiger partial charge in [0.2, 0.25) is 0 Å². The summed E-state index contributed by atoms with van der Waals surface area (Å²) in [6.07, 6.45) is -11.1. The van der Waals surface area contributed by atoms with Gasteiger partial charge in [-0.1, -0.05) is 0 Å². The molecule has 0 aliphatic carbocycles. The van der Waals surface area contributed by atoms with Gasteiger partial charge < -0.3 is 19.5 Å². The van der Waals surface area contributed by atoms with E-state index in [1.54, 1.807) is 6.92 Å². The lowest BCUT2D eigenvalue weighted by molar-refractivity contribution is -0.305. The molecular formula is C17H18F6N2O6. The summed E-state index contributed by atoms with van der Waals surface area (Å²) in [5, 5.41) is 2.96. The summed E-state index contributed by atoms with van der Waals surface area (Å²) >= 11 is 0. The minimum atomic E-state index is -5.81. The van der Waals surface area contributed by atoms with Gasteiger partial charge in [0, 0.05) is 5.69 Å². The van der Waals surface area contributed by atoms with Crippen molar-refractivity contribution in [3.8, 4) is 0 Å². The third kappa shape index (κ3) is 7.31. The second-order valence-electron chi connectivity index (χ2n) is 5.68. The maximum atomic E-state index is 13.6. The third-order valence-electron chi connectivity index (χ3n) is 3.36. The SMILES string of the molecule is CCOC(=O)c1ccc(NC(=O)NC(OCC(F)(F)F)(C(=O)OCC)C(F)(F)F)cc1. The number of benzene rings is 1. The summed E-state index contributed by atoms with van der Waals surface area (Å²) < 4.78 is 90.7. The number of halogens is 6. The van der Waals surface area contributed by atoms with Gasteiger partial charge in [-0.25, -0.2) is 14.4 Å². The van der Waals surface area contributed by atoms with Crippen LogP contribution in [0.25, 0.3) is 0 Å². The van der Waals surface area contributed by atoms with Gasteiger partial charge in [0.15, 0.2) is 0 Å². The van der Waals surface area contributed by atoms with Crippen molar-refractivity contribution in [2.45, 2.75) is 31.9 Å². The van der Waals surface area contributed by atoms with Crippen LogP contribution in [0.4, 0.5) is 36.8 Å². The molecule has 0 radical (unpaired) electrons. The number of anilines is 1. The van der Waals surface area contributed by atoms with Gasteiger partial charge in [0.1, 0.15) is 6.61 Å². The average Bonchev–Trinajstić information content (AvgIpc) is 2.64. The van der Waals surface area contributed by atoms with E-state index < -0.39 is 49.3 Å². The largest absolute Gasteiger partial charge is 0.462 e. The molecule has 8 nitrogen and oxygen atoms in total. The molecule has 0 bridgehead atoms. The molecule has 1 aromatic rings. The molecule has 0 aliphatic heterocycles. The standard InChI is InChI=1S/C17H18F6N2O6/c1-3-29-12(26)10-5-7-11(8-6-10)24-14(28)25-16(17(21,22)23,13(27)30-4-2)31-9-15(18,19)20/h5-8H,3-4,9H2,1-2H3,(H2,24,25,28). The highest BCUT2D eigenvalue weighted by atomic mass is 19.4. The lowest BCUT2D eigenvalue weighted by atomic mass is 10.2. The van der Waals surface area contributed by atoms with Crippen LogP contribution in [0.1, 0.15) is 24.2 Å². The Kier molecular flexibility index (Phi) is 8.66. The van der Waals surface area contributed by atoms with E-state index in [0.717, 1.165) is 24.4 Å². The quantitative estimate of drug-likeness (QED) is 0.350. The van der Waals surface area contributed by atoms with Crippen LogP contribution in [0.5, 0.6) is 0 Å². The van der Waals surface area contributed by atoms with Crippen molar-refractivity contribution in [2.75, 3.05) is 25.1 Å². The van der Waals surface area contributed by atoms with E-state index in [1.165, 1.54) is 12.1 Å². The van der Waals surface area contributed by atoms with Gasteiger partial charge >= 0.3 is 36.0 Å². The summed E-state index contributed by atoms with van der Waals surface area (Å²) in [6, 6.07) is 2.85. The molecule has 0 saturated heterocycles. The molecule has 0 heterocycles. The number of hydrogen-bond acceptors (Lipinski definition) is 6. The van der Waals surface area contributed by atoms with E-state index in [4.69, 9.17) is 4.74 Å². The second kappa shape index (κ2) is 10.3. The highest BCUT2D eigenvalue weighted by molar-refractivity contribution is 5.95. The van der Waals surface area contributed by atoms with Crippen molar-refractivity contribution in [1.29, 1.82) is 0 Å². The summed E-state index contributed by atoms with van der Waals surface area (Å²) in [4.78, 5) is 35.5. The van der Waals surface area contributed by atoms with E-state index in [9.17, 15) is 40.7 Å². The first-order valence-corrected chi connectivity index (χ1v) is 8.56. The Morgan fingerprint density at radius 2 is 1.45 bits per heavy atom. The number of carbonyl (C=O) groups is 3. The van der Waals surface area contributed by atoms with Crippen LogP contribution >= 0.6 is 0 Å². The fourth-order valence-corrected chi connectivity index (χ4v) is 2.06. The van der Waals surface area contributed by atoms with Gasteiger partial charge in [-0.05, 0) is 38.1 Å². The summed E-state index contributed by atoms with van der Waals surface area (Å²) in [6.45, 7) is -0.375. The first kappa shape index (κ1) is 26.0. The fourth-order valence-electron chi connectivity index (χ4n) is 2.06. The van der Waals surface area contributed by atoms with E-state index in [-0.39, 0.29) is 17.9 Å². The van der Waals surface area contributed by atoms with E-state index in [1.807, 2.05) is 5.32 Å². The highest BCUT2D eigenvalue weighted by Gasteiger charge is 2.66. The lowest BCUT2D eigenvalue weighted by Gasteiger charge is -2.33. The first-order chi connectivity index (χ1) is 14.3. The molecule has 0 spiro atoms. The molecule has 2 amide bonds. The molecule has 14 heteroatoms. The van der Waals surface area contributed by atoms with E-state index in [0.29, 0.717) is 0 Å². The molecule has 1 unspecified atom stereocenters. The molecule has 0 aromatic heterocycles. The van der Waals surface area contributed by atoms with Crippen LogP contribution in [0.15, 0.2) is 24.3 Å². The zero-order valence-electron chi connectivity index (χ0n) is 16.1. The molecule has 174 valence electrons. The fraction of sp³-hybridized carbons (Fsp3) is 0.471. The summed E-state index contributed by atoms with van der Waals surface area (Å²) in [5.74, 6) is -2.99. The van der Waals surface area contributed by atoms with Crippen molar-refractivity contribution in [2.24, 2.45) is 0 Å². The first-order valence-electron chi connectivity index (χ1n) is 8.56. The number of carbonyl (C=O) groups excluding carboxylic acids is 3. The number of esters is 2. The molecule has 0 aliphatic rings. The number of urea groups is 1. The van der Waals surface area contributed by atoms with Crippen LogP contribution in [-0.4, -0.2) is 55.9 Å². The molecule has 0 saturated carbocycles. The lowest BCUT2D eigenvalue weighted by Crippen LogP contribution is -2.67. The number of amides is 2. The molecule has 1 atom stereocenters. The number of rotatable bonds is 8. The Morgan fingerprint density at radius 3 is 1.90 bits per heavy atom. The zero-order valence-corrected chi connectivity index (χ0v) is 16.1. The summed E-state index contributed by atoms with van der Waals surface area (Å²) in [5.41, 5.74) is -4.51. The second-order valence-corrected chi connectivity index (χ2v) is 5.68. The van der Waals surface area contributed by atoms with Crippen LogP contribution in [0.3, 0.4) is 0 Å². The van der Waals surface area contributed by atoms with E-state index >= 15 is 0 Å². The minimum absolute atomic E-state index is 0.0671. The molecule has 1 aromatic carbocycles. The van der Waals surface area contributed by atoms with Crippen molar-refractivity contribution in [1.82, 2.24) is 5.32 Å². The molecule has 2 N–H and O–H groups in total. The van der Waals surface area contributed by atoms with Crippen LogP contribution in [0, 0.1) is 0 Å². The van der Waals surface area contributed by atoms with Crippen molar-refractivity contribution >= 4 is 23.7 Å². The highest BCUT2D eigenvalue weighted by Crippen LogP contribution is 2.34. The predicted octanol–water partition coefficient (Wildman–Crippen LogP) is 3.39. The van der Waals surface area contributed by atoms with Gasteiger partial charge in [-0.15, -0.1) is 0 Å². The Balaban J connectivity index is 3.10. The van der Waals surface area contributed by atoms with Gasteiger partial charge in [-0.2, -0.15) is 26.3 Å². The minimum Gasteiger partial charge on any atom is -0.462 e. The number of ether oxygens (including phenoxy) is 3. The van der Waals surface area contributed by atoms with E-state index in [2.05, 4.69) is 9.47 Å². The molecule has 0 fully saturated rings. The number of alkyl halides is 6. The normalized spacial score (nSPS) is 13.7. The third-order valence-corrected chi connectivity index (χ3v) is 3.36.